The van der Waals surface area contributed by atoms with Crippen LogP contribution in [0.1, 0.15) is 61.3 Å². The molecule has 1 aliphatic rings. The molecule has 0 fully saturated rings. The van der Waals surface area contributed by atoms with Crippen molar-refractivity contribution in [2.45, 2.75) is 39.2 Å². The summed E-state index contributed by atoms with van der Waals surface area (Å²) in [5.41, 5.74) is 5.84. The Hall–Kier alpha value is -4.01. The molecule has 5 rings (SSSR count). The van der Waals surface area contributed by atoms with Gasteiger partial charge in [-0.2, -0.15) is 5.10 Å². The molecule has 168 valence electrons. The summed E-state index contributed by atoms with van der Waals surface area (Å²) < 4.78 is 8.00. The molecule has 33 heavy (non-hydrogen) atoms. The number of fused-ring (bicyclic) bond motifs is 2. The monoisotopic (exact) mass is 442 g/mol. The highest BCUT2D eigenvalue weighted by Gasteiger charge is 2.36. The first-order valence-corrected chi connectivity index (χ1v) is 11.0. The van der Waals surface area contributed by atoms with Crippen LogP contribution < -0.4 is 4.90 Å². The van der Waals surface area contributed by atoms with Crippen LogP contribution >= 0.6 is 0 Å². The smallest absolute Gasteiger partial charge is 0.319 e. The van der Waals surface area contributed by atoms with Gasteiger partial charge in [0.15, 0.2) is 0 Å². The van der Waals surface area contributed by atoms with Gasteiger partial charge < -0.3 is 14.3 Å². The van der Waals surface area contributed by atoms with Gasteiger partial charge in [-0.25, -0.2) is 9.50 Å². The number of allylic oxidation sites excluding steroid dienone is 2. The lowest BCUT2D eigenvalue weighted by Crippen LogP contribution is -2.36. The molecular formula is C24H26N8O. The van der Waals surface area contributed by atoms with Gasteiger partial charge in [0.05, 0.1) is 23.2 Å². The summed E-state index contributed by atoms with van der Waals surface area (Å²) in [5, 5.41) is 13.5. The molecule has 0 aromatic carbocycles. The molecule has 0 radical (unpaired) electrons. The van der Waals surface area contributed by atoms with Crippen molar-refractivity contribution in [3.05, 3.63) is 78.0 Å². The second-order valence-corrected chi connectivity index (χ2v) is 8.21. The Morgan fingerprint density at radius 3 is 3.03 bits per heavy atom. The van der Waals surface area contributed by atoms with E-state index in [-0.39, 0.29) is 6.04 Å². The van der Waals surface area contributed by atoms with Crippen molar-refractivity contribution in [3.63, 3.8) is 0 Å². The number of anilines is 1. The normalized spacial score (nSPS) is 16.8. The summed E-state index contributed by atoms with van der Waals surface area (Å²) in [7, 11) is 0. The number of nitrogens with one attached hydrogen (secondary N) is 1. The third kappa shape index (κ3) is 3.65. The van der Waals surface area contributed by atoms with Gasteiger partial charge in [0.1, 0.15) is 11.7 Å². The van der Waals surface area contributed by atoms with Gasteiger partial charge in [-0.15, -0.1) is 5.10 Å². The molecule has 0 saturated carbocycles. The molecule has 0 spiro atoms. The number of aromatic nitrogens is 6. The Morgan fingerprint density at radius 2 is 2.24 bits per heavy atom. The second-order valence-electron chi connectivity index (χ2n) is 8.21. The largest absolute Gasteiger partial charge is 0.402 e. The van der Waals surface area contributed by atoms with Crippen LogP contribution in [0.2, 0.25) is 0 Å². The lowest BCUT2D eigenvalue weighted by molar-refractivity contribution is 0.487. The first-order valence-electron chi connectivity index (χ1n) is 11.0. The zero-order valence-electron chi connectivity index (χ0n) is 18.9. The van der Waals surface area contributed by atoms with Crippen LogP contribution in [0.3, 0.4) is 0 Å². The molecule has 4 aromatic rings. The van der Waals surface area contributed by atoms with Gasteiger partial charge in [0.25, 0.3) is 5.89 Å². The van der Waals surface area contributed by atoms with E-state index in [0.29, 0.717) is 30.1 Å². The molecule has 1 aliphatic heterocycles. The van der Waals surface area contributed by atoms with Crippen LogP contribution in [0.5, 0.6) is 0 Å². The highest BCUT2D eigenvalue weighted by atomic mass is 16.4. The molecular weight excluding hydrogens is 416 g/mol. The molecule has 4 aromatic heterocycles. The van der Waals surface area contributed by atoms with Crippen molar-refractivity contribution in [2.24, 2.45) is 4.99 Å². The van der Waals surface area contributed by atoms with Crippen molar-refractivity contribution in [2.75, 3.05) is 11.4 Å². The van der Waals surface area contributed by atoms with E-state index in [0.717, 1.165) is 29.0 Å². The molecule has 0 saturated heterocycles. The van der Waals surface area contributed by atoms with Crippen LogP contribution in [-0.4, -0.2) is 42.5 Å². The number of imidazole rings is 1. The first-order chi connectivity index (χ1) is 16.1. The van der Waals surface area contributed by atoms with E-state index in [1.807, 2.05) is 29.8 Å². The van der Waals surface area contributed by atoms with Gasteiger partial charge in [-0.3, -0.25) is 4.99 Å². The number of hydrogen-bond donors (Lipinski definition) is 1. The van der Waals surface area contributed by atoms with E-state index in [9.17, 15) is 0 Å². The van der Waals surface area contributed by atoms with E-state index in [2.05, 4.69) is 62.6 Å². The quantitative estimate of drug-likeness (QED) is 0.446. The topological polar surface area (TPSA) is 100 Å². The zero-order valence-corrected chi connectivity index (χ0v) is 18.9. The Morgan fingerprint density at radius 1 is 1.36 bits per heavy atom. The average Bonchev–Trinajstić information content (AvgIpc) is 3.57. The van der Waals surface area contributed by atoms with Crippen LogP contribution in [0, 0.1) is 0 Å². The minimum Gasteiger partial charge on any atom is -0.402 e. The van der Waals surface area contributed by atoms with Crippen molar-refractivity contribution < 1.29 is 4.42 Å². The van der Waals surface area contributed by atoms with Crippen molar-refractivity contribution in [1.29, 1.82) is 0 Å². The van der Waals surface area contributed by atoms with E-state index < -0.39 is 0 Å². The molecule has 0 aliphatic carbocycles. The van der Waals surface area contributed by atoms with Crippen molar-refractivity contribution in [3.8, 4) is 0 Å². The summed E-state index contributed by atoms with van der Waals surface area (Å²) >= 11 is 0. The SMILES string of the molecule is C=CC=N/C(=C\C)c1nnc(N2CCc3[nH]cnc3[C@@H]2c2cc3c(C(C)C)cccn3n2)o1. The predicted molar refractivity (Wildman–Crippen MR) is 127 cm³/mol. The molecule has 9 heteroatoms. The average molecular weight is 443 g/mol. The fourth-order valence-electron chi connectivity index (χ4n) is 4.28. The Kier molecular flexibility index (Phi) is 5.37. The van der Waals surface area contributed by atoms with Gasteiger partial charge in [-0.05, 0) is 30.5 Å². The summed E-state index contributed by atoms with van der Waals surface area (Å²) in [4.78, 5) is 14.3. The summed E-state index contributed by atoms with van der Waals surface area (Å²) in [6.45, 7) is 10.6. The molecule has 1 N–H and O–H groups in total. The van der Waals surface area contributed by atoms with E-state index in [1.54, 1.807) is 18.6 Å². The second kappa shape index (κ2) is 8.50. The third-order valence-corrected chi connectivity index (χ3v) is 5.85. The standard InChI is InChI=1S/C24H26N8O/c1-5-10-25-17(6-2)23-28-29-24(33-23)31-12-9-18-21(27-14-26-18)22(31)19-13-20-16(15(3)4)8-7-11-32(20)30-19/h5-8,10-11,13-15,22H,1,9,12H2,2-4H3,(H,26,27)/b17-6-,25-10?/t22-/m0/s1. The lowest BCUT2D eigenvalue weighted by Gasteiger charge is -2.32. The van der Waals surface area contributed by atoms with E-state index in [1.165, 1.54) is 5.56 Å². The molecule has 5 heterocycles. The fourth-order valence-corrected chi connectivity index (χ4v) is 4.28. The first kappa shape index (κ1) is 20.9. The minimum atomic E-state index is -0.251. The third-order valence-electron chi connectivity index (χ3n) is 5.85. The Bertz CT molecular complexity index is 1360. The fraction of sp³-hybridized carbons (Fsp3) is 0.292. The van der Waals surface area contributed by atoms with Crippen LogP contribution in [-0.2, 0) is 6.42 Å². The highest BCUT2D eigenvalue weighted by molar-refractivity contribution is 5.77. The van der Waals surface area contributed by atoms with Crippen LogP contribution in [0.15, 0.2) is 58.9 Å². The summed E-state index contributed by atoms with van der Waals surface area (Å²) in [6.07, 6.45) is 9.53. The van der Waals surface area contributed by atoms with Gasteiger partial charge in [0.2, 0.25) is 0 Å². The number of rotatable bonds is 6. The van der Waals surface area contributed by atoms with Crippen molar-refractivity contribution in [1.82, 2.24) is 29.8 Å². The maximum atomic E-state index is 6.07. The number of hydrogen-bond acceptors (Lipinski definition) is 7. The summed E-state index contributed by atoms with van der Waals surface area (Å²) in [6, 6.07) is 6.48. The molecule has 0 unspecified atom stereocenters. The van der Waals surface area contributed by atoms with Gasteiger partial charge >= 0.3 is 6.01 Å². The maximum Gasteiger partial charge on any atom is 0.319 e. The Labute approximate surface area is 191 Å². The number of aliphatic imine (C=N–C) groups is 1. The molecule has 9 nitrogen and oxygen atoms in total. The minimum absolute atomic E-state index is 0.251. The lowest BCUT2D eigenvalue weighted by atomic mass is 9.99. The summed E-state index contributed by atoms with van der Waals surface area (Å²) in [5.74, 6) is 0.741. The van der Waals surface area contributed by atoms with Gasteiger partial charge in [0, 0.05) is 31.1 Å². The predicted octanol–water partition coefficient (Wildman–Crippen LogP) is 4.33. The molecule has 0 bridgehead atoms. The van der Waals surface area contributed by atoms with E-state index >= 15 is 0 Å². The van der Waals surface area contributed by atoms with Crippen LogP contribution in [0.4, 0.5) is 6.01 Å². The van der Waals surface area contributed by atoms with Gasteiger partial charge in [-0.1, -0.05) is 43.7 Å². The van der Waals surface area contributed by atoms with Crippen LogP contribution in [0.25, 0.3) is 11.2 Å². The number of pyridine rings is 1. The number of H-pyrrole nitrogens is 1. The van der Waals surface area contributed by atoms with E-state index in [4.69, 9.17) is 9.52 Å². The number of aromatic amines is 1. The maximum absolute atomic E-state index is 6.07. The number of nitrogens with zero attached hydrogens (tertiary/aromatic N) is 7. The van der Waals surface area contributed by atoms with Crippen molar-refractivity contribution >= 4 is 23.4 Å². The Balaban J connectivity index is 1.59. The highest BCUT2D eigenvalue weighted by Crippen LogP contribution is 2.37. The molecule has 0 amide bonds. The molecule has 1 atom stereocenters. The zero-order chi connectivity index (χ0) is 22.9.